The van der Waals surface area contributed by atoms with E-state index < -0.39 is 33.9 Å². The molecule has 15 heteroatoms. The number of rotatable bonds is 9. The highest BCUT2D eigenvalue weighted by Crippen LogP contribution is 2.27. The van der Waals surface area contributed by atoms with Gasteiger partial charge in [-0.2, -0.15) is 18.2 Å². The van der Waals surface area contributed by atoms with Crippen molar-refractivity contribution in [1.82, 2.24) is 29.4 Å². The number of hydrogen-bond donors (Lipinski definition) is 2. The number of anilines is 2. The molecule has 41 heavy (non-hydrogen) atoms. The van der Waals surface area contributed by atoms with Crippen molar-refractivity contribution in [2.75, 3.05) is 29.9 Å². The van der Waals surface area contributed by atoms with E-state index in [1.807, 2.05) is 13.8 Å². The first-order valence-corrected chi connectivity index (χ1v) is 15.1. The number of hydrogen-bond acceptors (Lipinski definition) is 9. The van der Waals surface area contributed by atoms with Crippen LogP contribution in [0.2, 0.25) is 0 Å². The molecule has 0 unspecified atom stereocenters. The summed E-state index contributed by atoms with van der Waals surface area (Å²) in [5.41, 5.74) is 1.25. The molecule has 0 radical (unpaired) electrons. The van der Waals surface area contributed by atoms with E-state index in [0.717, 1.165) is 25.7 Å². The minimum Gasteiger partial charge on any atom is -0.351 e. The van der Waals surface area contributed by atoms with Gasteiger partial charge in [0.15, 0.2) is 5.65 Å². The fraction of sp³-hybridized carbons (Fsp3) is 0.577. The van der Waals surface area contributed by atoms with Gasteiger partial charge in [-0.05, 0) is 72.2 Å². The molecule has 0 saturated heterocycles. The molecule has 11 nitrogen and oxygen atoms in total. The van der Waals surface area contributed by atoms with E-state index >= 15 is 0 Å². The highest BCUT2D eigenvalue weighted by atomic mass is 32.2. The van der Waals surface area contributed by atoms with Crippen LogP contribution in [0.5, 0.6) is 0 Å². The fourth-order valence-electron chi connectivity index (χ4n) is 4.96. The average Bonchev–Trinajstić information content (AvgIpc) is 2.87. The smallest absolute Gasteiger partial charge is 0.351 e. The molecule has 3 aromatic heterocycles. The zero-order valence-electron chi connectivity index (χ0n) is 23.7. The monoisotopic (exact) mass is 596 g/mol. The Balaban J connectivity index is 1.62. The van der Waals surface area contributed by atoms with E-state index in [9.17, 15) is 26.4 Å². The Kier molecular flexibility index (Phi) is 8.87. The molecule has 0 spiro atoms. The van der Waals surface area contributed by atoms with Crippen LogP contribution in [-0.4, -0.2) is 75.9 Å². The van der Waals surface area contributed by atoms with Crippen molar-refractivity contribution in [3.63, 3.8) is 0 Å². The molecule has 0 atom stereocenters. The standard InChI is InChI=1S/C26H35F3N8O3S/c1-15(2)37-23-20(14-31-25(34-23)32-17-6-8-18(9-7-17)36(4)5)33-22(24(37)38)19-13-30-21(12-16(19)3)35-41(39,40)11-10-26(27,28)29/h12-15,17-18H,6-11H2,1-5H3,(H,30,35)(H,31,32,34)/t17-,18-. The van der Waals surface area contributed by atoms with E-state index in [1.165, 1.54) is 16.8 Å². The largest absolute Gasteiger partial charge is 0.390 e. The van der Waals surface area contributed by atoms with Crippen LogP contribution >= 0.6 is 0 Å². The Bertz CT molecular complexity index is 1570. The van der Waals surface area contributed by atoms with Crippen LogP contribution in [0.3, 0.4) is 0 Å². The summed E-state index contributed by atoms with van der Waals surface area (Å²) < 4.78 is 65.2. The summed E-state index contributed by atoms with van der Waals surface area (Å²) in [5, 5.41) is 3.40. The Morgan fingerprint density at radius 3 is 2.37 bits per heavy atom. The van der Waals surface area contributed by atoms with E-state index in [-0.39, 0.29) is 23.6 Å². The zero-order chi connectivity index (χ0) is 30.1. The molecule has 0 bridgehead atoms. The van der Waals surface area contributed by atoms with Crippen LogP contribution < -0.4 is 15.6 Å². The van der Waals surface area contributed by atoms with Crippen LogP contribution in [0.25, 0.3) is 22.4 Å². The number of nitrogens with zero attached hydrogens (tertiary/aromatic N) is 6. The summed E-state index contributed by atoms with van der Waals surface area (Å²) >= 11 is 0. The predicted molar refractivity (Wildman–Crippen MR) is 151 cm³/mol. The van der Waals surface area contributed by atoms with Gasteiger partial charge in [0.25, 0.3) is 5.56 Å². The molecule has 1 fully saturated rings. The summed E-state index contributed by atoms with van der Waals surface area (Å²) in [7, 11) is -0.0959. The molecule has 3 aromatic rings. The molecule has 224 valence electrons. The van der Waals surface area contributed by atoms with Gasteiger partial charge in [-0.3, -0.25) is 14.1 Å². The SMILES string of the molecule is Cc1cc(NS(=O)(=O)CCC(F)(F)F)ncc1-c1nc2cnc(N[C@H]3CC[C@H](N(C)C)CC3)nc2n(C(C)C)c1=O. The second kappa shape index (κ2) is 11.9. The average molecular weight is 597 g/mol. The number of aryl methyl sites for hydroxylation is 1. The molecule has 3 heterocycles. The molecule has 1 saturated carbocycles. The number of fused-ring (bicyclic) bond motifs is 1. The quantitative estimate of drug-likeness (QED) is 0.374. The van der Waals surface area contributed by atoms with E-state index in [1.54, 1.807) is 13.1 Å². The third kappa shape index (κ3) is 7.50. The molecule has 1 aliphatic rings. The molecule has 4 rings (SSSR count). The van der Waals surface area contributed by atoms with Crippen LogP contribution in [-0.2, 0) is 10.0 Å². The lowest BCUT2D eigenvalue weighted by atomic mass is 9.91. The highest BCUT2D eigenvalue weighted by Gasteiger charge is 2.30. The van der Waals surface area contributed by atoms with Crippen LogP contribution in [0, 0.1) is 6.92 Å². The summed E-state index contributed by atoms with van der Waals surface area (Å²) in [6.45, 7) is 5.34. The van der Waals surface area contributed by atoms with Crippen molar-refractivity contribution in [2.45, 2.75) is 77.2 Å². The Morgan fingerprint density at radius 2 is 1.78 bits per heavy atom. The van der Waals surface area contributed by atoms with Gasteiger partial charge in [0, 0.05) is 29.9 Å². The number of sulfonamides is 1. The van der Waals surface area contributed by atoms with Gasteiger partial charge in [0.05, 0.1) is 18.4 Å². The van der Waals surface area contributed by atoms with Crippen LogP contribution in [0.1, 0.15) is 57.6 Å². The van der Waals surface area contributed by atoms with Gasteiger partial charge in [-0.15, -0.1) is 0 Å². The van der Waals surface area contributed by atoms with Crippen LogP contribution in [0.4, 0.5) is 24.9 Å². The van der Waals surface area contributed by atoms with Gasteiger partial charge in [0.2, 0.25) is 16.0 Å². The number of alkyl halides is 3. The lowest BCUT2D eigenvalue weighted by Crippen LogP contribution is -2.36. The number of nitrogens with one attached hydrogen (secondary N) is 2. The minimum atomic E-state index is -4.61. The van der Waals surface area contributed by atoms with Crippen molar-refractivity contribution in [3.8, 4) is 11.3 Å². The van der Waals surface area contributed by atoms with Gasteiger partial charge < -0.3 is 10.2 Å². The van der Waals surface area contributed by atoms with E-state index in [4.69, 9.17) is 0 Å². The topological polar surface area (TPSA) is 135 Å². The normalized spacial score (nSPS) is 18.3. The molecule has 2 N–H and O–H groups in total. The summed E-state index contributed by atoms with van der Waals surface area (Å²) in [4.78, 5) is 33.5. The summed E-state index contributed by atoms with van der Waals surface area (Å²) in [5.74, 6) is -0.857. The van der Waals surface area contributed by atoms with Gasteiger partial charge in [-0.25, -0.2) is 23.4 Å². The van der Waals surface area contributed by atoms with Gasteiger partial charge in [0.1, 0.15) is 17.0 Å². The van der Waals surface area contributed by atoms with Crippen LogP contribution in [0.15, 0.2) is 23.3 Å². The molecule has 0 aromatic carbocycles. The Labute approximate surface area is 236 Å². The minimum absolute atomic E-state index is 0.0778. The third-order valence-electron chi connectivity index (χ3n) is 7.19. The number of pyridine rings is 1. The lowest BCUT2D eigenvalue weighted by Gasteiger charge is -2.32. The van der Waals surface area contributed by atoms with Crippen molar-refractivity contribution in [1.29, 1.82) is 0 Å². The van der Waals surface area contributed by atoms with Crippen molar-refractivity contribution in [3.05, 3.63) is 34.4 Å². The van der Waals surface area contributed by atoms with Crippen molar-refractivity contribution in [2.24, 2.45) is 0 Å². The number of halogens is 3. The predicted octanol–water partition coefficient (Wildman–Crippen LogP) is 4.12. The van der Waals surface area contributed by atoms with Crippen molar-refractivity contribution < 1.29 is 21.6 Å². The van der Waals surface area contributed by atoms with E-state index in [0.29, 0.717) is 34.3 Å². The first kappa shape index (κ1) is 30.6. The Morgan fingerprint density at radius 1 is 1.10 bits per heavy atom. The third-order valence-corrected chi connectivity index (χ3v) is 8.45. The highest BCUT2D eigenvalue weighted by molar-refractivity contribution is 7.92. The molecular weight excluding hydrogens is 561 g/mol. The van der Waals surface area contributed by atoms with Gasteiger partial charge in [-0.1, -0.05) is 0 Å². The van der Waals surface area contributed by atoms with Gasteiger partial charge >= 0.3 is 6.18 Å². The molecular formula is C26H35F3N8O3S. The number of aromatic nitrogens is 5. The first-order chi connectivity index (χ1) is 19.1. The first-order valence-electron chi connectivity index (χ1n) is 13.4. The molecule has 0 aliphatic heterocycles. The molecule has 1 aliphatic carbocycles. The maximum absolute atomic E-state index is 13.6. The fourth-order valence-corrected chi connectivity index (χ4v) is 6.00. The maximum atomic E-state index is 13.6. The van der Waals surface area contributed by atoms with E-state index in [2.05, 4.69) is 49.0 Å². The lowest BCUT2D eigenvalue weighted by molar-refractivity contribution is -0.129. The van der Waals surface area contributed by atoms with Crippen molar-refractivity contribution >= 4 is 33.0 Å². The Hall–Kier alpha value is -3.33. The second-order valence-electron chi connectivity index (χ2n) is 10.9. The summed E-state index contributed by atoms with van der Waals surface area (Å²) in [6, 6.07) is 1.87. The molecule has 0 amide bonds. The summed E-state index contributed by atoms with van der Waals surface area (Å²) in [6.07, 6.45) is 0.861. The maximum Gasteiger partial charge on any atom is 0.390 e. The second-order valence-corrected chi connectivity index (χ2v) is 12.8. The zero-order valence-corrected chi connectivity index (χ0v) is 24.5.